The van der Waals surface area contributed by atoms with Crippen molar-refractivity contribution in [2.24, 2.45) is 5.92 Å². The number of nitrogens with zero attached hydrogens (tertiary/aromatic N) is 1. The topological polar surface area (TPSA) is 68.3 Å². The van der Waals surface area contributed by atoms with Gasteiger partial charge in [-0.05, 0) is 38.8 Å². The van der Waals surface area contributed by atoms with E-state index in [1.54, 1.807) is 45.2 Å². The number of amides is 1. The zero-order chi connectivity index (χ0) is 16.0. The molecular weight excluding hydrogens is 268 g/mol. The molecule has 0 aromatic carbocycles. The molecule has 1 amide bonds. The minimum atomic E-state index is -0.677. The number of aromatic nitrogens is 1. The SMILES string of the molecule is CCC(C)[C@H](NC(=O)c1ccccn1)C(=O)OC(C)(C)C. The molecular formula is C16H24N2O3. The fourth-order valence-electron chi connectivity index (χ4n) is 1.75. The van der Waals surface area contributed by atoms with Crippen LogP contribution in [0.2, 0.25) is 0 Å². The molecule has 1 heterocycles. The van der Waals surface area contributed by atoms with Crippen LogP contribution in [0, 0.1) is 5.92 Å². The van der Waals surface area contributed by atoms with Crippen molar-refractivity contribution in [3.63, 3.8) is 0 Å². The maximum Gasteiger partial charge on any atom is 0.329 e. The molecule has 116 valence electrons. The molecule has 0 bridgehead atoms. The first-order valence-electron chi connectivity index (χ1n) is 7.19. The predicted octanol–water partition coefficient (Wildman–Crippen LogP) is 2.57. The Bertz CT molecular complexity index is 480. The summed E-state index contributed by atoms with van der Waals surface area (Å²) >= 11 is 0. The Hall–Kier alpha value is -1.91. The second-order valence-electron chi connectivity index (χ2n) is 6.09. The maximum atomic E-state index is 12.3. The van der Waals surface area contributed by atoms with E-state index < -0.39 is 17.6 Å². The van der Waals surface area contributed by atoms with Crippen molar-refractivity contribution >= 4 is 11.9 Å². The number of pyridine rings is 1. The molecule has 0 aliphatic rings. The lowest BCUT2D eigenvalue weighted by atomic mass is 9.98. The highest BCUT2D eigenvalue weighted by Gasteiger charge is 2.30. The summed E-state index contributed by atoms with van der Waals surface area (Å²) in [6.07, 6.45) is 2.30. The first-order chi connectivity index (χ1) is 9.74. The van der Waals surface area contributed by atoms with E-state index in [1.807, 2.05) is 13.8 Å². The monoisotopic (exact) mass is 292 g/mol. The molecule has 0 radical (unpaired) electrons. The van der Waals surface area contributed by atoms with Gasteiger partial charge in [-0.1, -0.05) is 26.3 Å². The van der Waals surface area contributed by atoms with Gasteiger partial charge in [0, 0.05) is 6.20 Å². The fourth-order valence-corrected chi connectivity index (χ4v) is 1.75. The van der Waals surface area contributed by atoms with Gasteiger partial charge in [-0.2, -0.15) is 0 Å². The highest BCUT2D eigenvalue weighted by molar-refractivity contribution is 5.95. The second kappa shape index (κ2) is 7.20. The van der Waals surface area contributed by atoms with Gasteiger partial charge < -0.3 is 10.1 Å². The van der Waals surface area contributed by atoms with Gasteiger partial charge in [0.25, 0.3) is 5.91 Å². The number of carbonyl (C=O) groups excluding carboxylic acids is 2. The normalized spacial score (nSPS) is 14.1. The van der Waals surface area contributed by atoms with E-state index in [9.17, 15) is 9.59 Å². The number of esters is 1. The minimum Gasteiger partial charge on any atom is -0.458 e. The van der Waals surface area contributed by atoms with E-state index in [2.05, 4.69) is 10.3 Å². The van der Waals surface area contributed by atoms with Crippen LogP contribution in [0.3, 0.4) is 0 Å². The van der Waals surface area contributed by atoms with Crippen molar-refractivity contribution in [1.29, 1.82) is 0 Å². The van der Waals surface area contributed by atoms with Crippen LogP contribution in [-0.2, 0) is 9.53 Å². The number of hydrogen-bond acceptors (Lipinski definition) is 4. The minimum absolute atomic E-state index is 0.0208. The Morgan fingerprint density at radius 3 is 2.48 bits per heavy atom. The zero-order valence-corrected chi connectivity index (χ0v) is 13.3. The number of carbonyl (C=O) groups is 2. The summed E-state index contributed by atoms with van der Waals surface area (Å²) in [5, 5.41) is 2.73. The average Bonchev–Trinajstić information content (AvgIpc) is 2.42. The first kappa shape index (κ1) is 17.1. The van der Waals surface area contributed by atoms with Crippen LogP contribution in [0.5, 0.6) is 0 Å². The van der Waals surface area contributed by atoms with Gasteiger partial charge in [0.15, 0.2) is 0 Å². The van der Waals surface area contributed by atoms with Crippen LogP contribution in [0.15, 0.2) is 24.4 Å². The van der Waals surface area contributed by atoms with Crippen LogP contribution in [0.25, 0.3) is 0 Å². The number of nitrogens with one attached hydrogen (secondary N) is 1. The summed E-state index contributed by atoms with van der Waals surface area (Å²) in [6, 6.07) is 4.39. The highest BCUT2D eigenvalue weighted by Crippen LogP contribution is 2.15. The van der Waals surface area contributed by atoms with E-state index in [0.29, 0.717) is 0 Å². The van der Waals surface area contributed by atoms with Crippen molar-refractivity contribution in [2.75, 3.05) is 0 Å². The molecule has 0 fully saturated rings. The van der Waals surface area contributed by atoms with Gasteiger partial charge in [0.05, 0.1) is 0 Å². The van der Waals surface area contributed by atoms with Gasteiger partial charge >= 0.3 is 5.97 Å². The first-order valence-corrected chi connectivity index (χ1v) is 7.19. The fraction of sp³-hybridized carbons (Fsp3) is 0.562. The summed E-state index contributed by atoms with van der Waals surface area (Å²) < 4.78 is 5.39. The molecule has 1 unspecified atom stereocenters. The quantitative estimate of drug-likeness (QED) is 0.847. The van der Waals surface area contributed by atoms with Gasteiger partial charge in [-0.3, -0.25) is 9.78 Å². The van der Waals surface area contributed by atoms with Crippen molar-refractivity contribution in [3.05, 3.63) is 30.1 Å². The molecule has 21 heavy (non-hydrogen) atoms. The highest BCUT2D eigenvalue weighted by atomic mass is 16.6. The lowest BCUT2D eigenvalue weighted by Crippen LogP contribution is -2.48. The van der Waals surface area contributed by atoms with E-state index in [4.69, 9.17) is 4.74 Å². The molecule has 1 rings (SSSR count). The van der Waals surface area contributed by atoms with Gasteiger partial charge in [-0.15, -0.1) is 0 Å². The molecule has 2 atom stereocenters. The molecule has 1 aromatic heterocycles. The zero-order valence-electron chi connectivity index (χ0n) is 13.3. The van der Waals surface area contributed by atoms with E-state index in [1.165, 1.54) is 0 Å². The summed E-state index contributed by atoms with van der Waals surface area (Å²) in [7, 11) is 0. The van der Waals surface area contributed by atoms with Gasteiger partial charge in [-0.25, -0.2) is 4.79 Å². The molecule has 0 aliphatic carbocycles. The predicted molar refractivity (Wildman–Crippen MR) is 80.8 cm³/mol. The van der Waals surface area contributed by atoms with Crippen LogP contribution < -0.4 is 5.32 Å². The molecule has 5 heteroatoms. The van der Waals surface area contributed by atoms with Crippen LogP contribution in [0.4, 0.5) is 0 Å². The lowest BCUT2D eigenvalue weighted by molar-refractivity contribution is -0.158. The van der Waals surface area contributed by atoms with Crippen molar-refractivity contribution < 1.29 is 14.3 Å². The second-order valence-corrected chi connectivity index (χ2v) is 6.09. The maximum absolute atomic E-state index is 12.3. The molecule has 5 nitrogen and oxygen atoms in total. The van der Waals surface area contributed by atoms with E-state index >= 15 is 0 Å². The number of ether oxygens (including phenoxy) is 1. The standard InChI is InChI=1S/C16H24N2O3/c1-6-11(2)13(15(20)21-16(3,4)5)18-14(19)12-9-7-8-10-17-12/h7-11,13H,6H2,1-5H3,(H,18,19)/t11?,13-/m0/s1. The van der Waals surface area contributed by atoms with E-state index in [-0.39, 0.29) is 17.5 Å². The number of rotatable bonds is 5. The number of hydrogen-bond donors (Lipinski definition) is 1. The Kier molecular flexibility index (Phi) is 5.88. The summed E-state index contributed by atoms with van der Waals surface area (Å²) in [5.74, 6) is -0.805. The average molecular weight is 292 g/mol. The molecule has 0 aliphatic heterocycles. The molecule has 0 saturated heterocycles. The van der Waals surface area contributed by atoms with E-state index in [0.717, 1.165) is 6.42 Å². The Morgan fingerprint density at radius 2 is 2.00 bits per heavy atom. The van der Waals surface area contributed by atoms with Crippen molar-refractivity contribution in [2.45, 2.75) is 52.7 Å². The molecule has 0 spiro atoms. The van der Waals surface area contributed by atoms with Gasteiger partial charge in [0.1, 0.15) is 17.3 Å². The van der Waals surface area contributed by atoms with Crippen LogP contribution in [-0.4, -0.2) is 28.5 Å². The third kappa shape index (κ3) is 5.53. The smallest absolute Gasteiger partial charge is 0.329 e. The van der Waals surface area contributed by atoms with Crippen LogP contribution >= 0.6 is 0 Å². The van der Waals surface area contributed by atoms with Crippen molar-refractivity contribution in [3.8, 4) is 0 Å². The summed E-state index contributed by atoms with van der Waals surface area (Å²) in [4.78, 5) is 28.4. The Morgan fingerprint density at radius 1 is 1.33 bits per heavy atom. The van der Waals surface area contributed by atoms with Crippen molar-refractivity contribution in [1.82, 2.24) is 10.3 Å². The summed E-state index contributed by atoms with van der Waals surface area (Å²) in [5.41, 5.74) is -0.298. The Labute approximate surface area is 126 Å². The third-order valence-corrected chi connectivity index (χ3v) is 3.06. The van der Waals surface area contributed by atoms with Crippen LogP contribution in [0.1, 0.15) is 51.5 Å². The van der Waals surface area contributed by atoms with Gasteiger partial charge in [0.2, 0.25) is 0 Å². The third-order valence-electron chi connectivity index (χ3n) is 3.06. The largest absolute Gasteiger partial charge is 0.458 e. The lowest BCUT2D eigenvalue weighted by Gasteiger charge is -2.27. The summed E-state index contributed by atoms with van der Waals surface area (Å²) in [6.45, 7) is 9.29. The molecule has 0 saturated carbocycles. The Balaban J connectivity index is 2.84. The molecule has 1 aromatic rings. The molecule has 1 N–H and O–H groups in total.